The van der Waals surface area contributed by atoms with E-state index in [0.29, 0.717) is 5.69 Å². The first-order valence-electron chi connectivity index (χ1n) is 6.05. The number of carbonyl (C=O) groups is 1. The van der Waals surface area contributed by atoms with Crippen LogP contribution in [0.4, 0.5) is 10.1 Å². The highest BCUT2D eigenvalue weighted by Gasteiger charge is 2.12. The van der Waals surface area contributed by atoms with E-state index >= 15 is 0 Å². The number of halogens is 1. The smallest absolute Gasteiger partial charge is 0.258 e. The molecule has 4 nitrogen and oxygen atoms in total. The van der Waals surface area contributed by atoms with E-state index in [-0.39, 0.29) is 11.3 Å². The zero-order chi connectivity index (χ0) is 14.7. The molecule has 0 aliphatic carbocycles. The normalized spacial score (nSPS) is 11.9. The number of aliphatic hydroxyl groups excluding tert-OH is 1. The Bertz CT molecular complexity index is 624. The van der Waals surface area contributed by atoms with Crippen LogP contribution in [-0.4, -0.2) is 16.1 Å². The summed E-state index contributed by atoms with van der Waals surface area (Å²) in [5, 5.41) is 21.0. The summed E-state index contributed by atoms with van der Waals surface area (Å²) in [5.74, 6) is -1.63. The second kappa shape index (κ2) is 5.71. The van der Waals surface area contributed by atoms with Gasteiger partial charge < -0.3 is 15.5 Å². The van der Waals surface area contributed by atoms with Gasteiger partial charge in [0.25, 0.3) is 5.91 Å². The molecule has 104 valence electrons. The Morgan fingerprint density at radius 1 is 1.20 bits per heavy atom. The van der Waals surface area contributed by atoms with Crippen molar-refractivity contribution in [2.45, 2.75) is 13.0 Å². The number of phenolic OH excluding ortho intramolecular Hbond substituents is 1. The lowest BCUT2D eigenvalue weighted by atomic mass is 10.1. The molecule has 2 aromatic carbocycles. The minimum Gasteiger partial charge on any atom is -0.508 e. The van der Waals surface area contributed by atoms with E-state index in [0.717, 1.165) is 11.6 Å². The first kappa shape index (κ1) is 14.0. The van der Waals surface area contributed by atoms with Crippen LogP contribution in [0.25, 0.3) is 0 Å². The average molecular weight is 275 g/mol. The van der Waals surface area contributed by atoms with Gasteiger partial charge in [0.05, 0.1) is 11.7 Å². The van der Waals surface area contributed by atoms with Gasteiger partial charge in [0.2, 0.25) is 0 Å². The monoisotopic (exact) mass is 275 g/mol. The van der Waals surface area contributed by atoms with E-state index in [1.807, 2.05) is 0 Å². The van der Waals surface area contributed by atoms with Gasteiger partial charge in [-0.25, -0.2) is 4.39 Å². The molecule has 3 N–H and O–H groups in total. The molecule has 1 atom stereocenters. The number of aromatic hydroxyl groups is 1. The van der Waals surface area contributed by atoms with E-state index in [1.54, 1.807) is 31.2 Å². The molecule has 0 saturated carbocycles. The van der Waals surface area contributed by atoms with Gasteiger partial charge in [-0.05, 0) is 36.8 Å². The standard InChI is InChI=1S/C15H14FNO3/c1-9(18)10-2-4-11(5-3-10)17-15(20)13-7-6-12(19)8-14(13)16/h2-9,18-19H,1H3,(H,17,20). The number of aliphatic hydroxyl groups is 1. The Kier molecular flexibility index (Phi) is 4.00. The van der Waals surface area contributed by atoms with Crippen molar-refractivity contribution in [1.29, 1.82) is 0 Å². The lowest BCUT2D eigenvalue weighted by Gasteiger charge is -2.08. The van der Waals surface area contributed by atoms with Crippen LogP contribution in [0.3, 0.4) is 0 Å². The van der Waals surface area contributed by atoms with Gasteiger partial charge in [-0.1, -0.05) is 12.1 Å². The van der Waals surface area contributed by atoms with Crippen LogP contribution >= 0.6 is 0 Å². The van der Waals surface area contributed by atoms with Crippen LogP contribution in [0.5, 0.6) is 5.75 Å². The van der Waals surface area contributed by atoms with E-state index in [4.69, 9.17) is 5.11 Å². The summed E-state index contributed by atoms with van der Waals surface area (Å²) in [6.45, 7) is 1.64. The minimum absolute atomic E-state index is 0.151. The number of hydrogen-bond donors (Lipinski definition) is 3. The number of phenols is 1. The molecule has 0 heterocycles. The van der Waals surface area contributed by atoms with E-state index < -0.39 is 17.8 Å². The lowest BCUT2D eigenvalue weighted by molar-refractivity contribution is 0.102. The fourth-order valence-corrected chi connectivity index (χ4v) is 1.73. The molecule has 0 bridgehead atoms. The molecule has 0 radical (unpaired) electrons. The fourth-order valence-electron chi connectivity index (χ4n) is 1.73. The van der Waals surface area contributed by atoms with Crippen molar-refractivity contribution < 1.29 is 19.4 Å². The third-order valence-corrected chi connectivity index (χ3v) is 2.85. The highest BCUT2D eigenvalue weighted by molar-refractivity contribution is 6.04. The van der Waals surface area contributed by atoms with Crippen LogP contribution in [-0.2, 0) is 0 Å². The Balaban J connectivity index is 2.15. The molecule has 2 rings (SSSR count). The Morgan fingerprint density at radius 3 is 2.40 bits per heavy atom. The number of carbonyl (C=O) groups excluding carboxylic acids is 1. The zero-order valence-electron chi connectivity index (χ0n) is 10.8. The summed E-state index contributed by atoms with van der Waals surface area (Å²) in [5.41, 5.74) is 1.06. The van der Waals surface area contributed by atoms with E-state index in [2.05, 4.69) is 5.32 Å². The summed E-state index contributed by atoms with van der Waals surface area (Å²) in [7, 11) is 0. The molecule has 0 spiro atoms. The van der Waals surface area contributed by atoms with Crippen molar-refractivity contribution in [3.8, 4) is 5.75 Å². The predicted octanol–water partition coefficient (Wildman–Crippen LogP) is 2.84. The highest BCUT2D eigenvalue weighted by Crippen LogP contribution is 2.18. The fraction of sp³-hybridized carbons (Fsp3) is 0.133. The first-order valence-corrected chi connectivity index (χ1v) is 6.05. The number of nitrogens with one attached hydrogen (secondary N) is 1. The van der Waals surface area contributed by atoms with Crippen LogP contribution in [0, 0.1) is 5.82 Å². The summed E-state index contributed by atoms with van der Waals surface area (Å²) in [6.07, 6.45) is -0.589. The topological polar surface area (TPSA) is 69.6 Å². The summed E-state index contributed by atoms with van der Waals surface area (Å²) in [6, 6.07) is 9.93. The van der Waals surface area contributed by atoms with Gasteiger partial charge in [-0.3, -0.25) is 4.79 Å². The number of rotatable bonds is 3. The molecule has 1 unspecified atom stereocenters. The largest absolute Gasteiger partial charge is 0.508 e. The summed E-state index contributed by atoms with van der Waals surface area (Å²) >= 11 is 0. The highest BCUT2D eigenvalue weighted by atomic mass is 19.1. The molecule has 0 aliphatic heterocycles. The van der Waals surface area contributed by atoms with Crippen LogP contribution in [0.1, 0.15) is 28.9 Å². The average Bonchev–Trinajstić information content (AvgIpc) is 2.39. The molecule has 1 amide bonds. The summed E-state index contributed by atoms with van der Waals surface area (Å²) in [4.78, 5) is 11.9. The molecule has 5 heteroatoms. The molecule has 20 heavy (non-hydrogen) atoms. The van der Waals surface area contributed by atoms with Gasteiger partial charge >= 0.3 is 0 Å². The van der Waals surface area contributed by atoms with Gasteiger partial charge in [0.1, 0.15) is 11.6 Å². The van der Waals surface area contributed by atoms with Crippen LogP contribution in [0.15, 0.2) is 42.5 Å². The zero-order valence-corrected chi connectivity index (χ0v) is 10.8. The molecular formula is C15H14FNO3. The van der Waals surface area contributed by atoms with Crippen LogP contribution in [0.2, 0.25) is 0 Å². The van der Waals surface area contributed by atoms with Crippen molar-refractivity contribution in [3.63, 3.8) is 0 Å². The molecule has 0 saturated heterocycles. The summed E-state index contributed by atoms with van der Waals surface area (Å²) < 4.78 is 13.5. The van der Waals surface area contributed by atoms with Crippen molar-refractivity contribution in [2.24, 2.45) is 0 Å². The van der Waals surface area contributed by atoms with E-state index in [9.17, 15) is 14.3 Å². The third kappa shape index (κ3) is 3.13. The quantitative estimate of drug-likeness (QED) is 0.806. The number of hydrogen-bond acceptors (Lipinski definition) is 3. The van der Waals surface area contributed by atoms with Crippen molar-refractivity contribution in [2.75, 3.05) is 5.32 Å². The van der Waals surface area contributed by atoms with Crippen LogP contribution < -0.4 is 5.32 Å². The second-order valence-electron chi connectivity index (χ2n) is 4.42. The first-order chi connectivity index (χ1) is 9.47. The van der Waals surface area contributed by atoms with Crippen molar-refractivity contribution >= 4 is 11.6 Å². The Hall–Kier alpha value is -2.40. The van der Waals surface area contributed by atoms with E-state index in [1.165, 1.54) is 12.1 Å². The number of benzene rings is 2. The van der Waals surface area contributed by atoms with Crippen molar-refractivity contribution in [1.82, 2.24) is 0 Å². The number of amides is 1. The SMILES string of the molecule is CC(O)c1ccc(NC(=O)c2ccc(O)cc2F)cc1. The Labute approximate surface area is 115 Å². The Morgan fingerprint density at radius 2 is 1.85 bits per heavy atom. The predicted molar refractivity (Wildman–Crippen MR) is 73.1 cm³/mol. The molecule has 0 aromatic heterocycles. The lowest BCUT2D eigenvalue weighted by Crippen LogP contribution is -2.13. The third-order valence-electron chi connectivity index (χ3n) is 2.85. The maximum atomic E-state index is 13.5. The molecule has 2 aromatic rings. The van der Waals surface area contributed by atoms with Gasteiger partial charge in [0.15, 0.2) is 0 Å². The minimum atomic E-state index is -0.789. The molecular weight excluding hydrogens is 261 g/mol. The maximum absolute atomic E-state index is 13.5. The van der Waals surface area contributed by atoms with Crippen molar-refractivity contribution in [3.05, 3.63) is 59.4 Å². The second-order valence-corrected chi connectivity index (χ2v) is 4.42. The van der Waals surface area contributed by atoms with Gasteiger partial charge in [0, 0.05) is 11.8 Å². The van der Waals surface area contributed by atoms with Gasteiger partial charge in [-0.2, -0.15) is 0 Å². The maximum Gasteiger partial charge on any atom is 0.258 e. The molecule has 0 fully saturated rings. The number of anilines is 1. The van der Waals surface area contributed by atoms with Gasteiger partial charge in [-0.15, -0.1) is 0 Å². The molecule has 0 aliphatic rings.